The van der Waals surface area contributed by atoms with Crippen molar-refractivity contribution >= 4 is 0 Å². The average Bonchev–Trinajstić information content (AvgIpc) is 3.24. The number of benzene rings is 1. The van der Waals surface area contributed by atoms with Gasteiger partial charge in [-0.15, -0.1) is 0 Å². The lowest BCUT2D eigenvalue weighted by molar-refractivity contribution is 0.151. The first-order valence-corrected chi connectivity index (χ1v) is 7.02. The van der Waals surface area contributed by atoms with E-state index in [1.807, 2.05) is 0 Å². The number of nitrogens with one attached hydrogen (secondary N) is 1. The molecule has 4 heteroatoms. The van der Waals surface area contributed by atoms with E-state index in [-0.39, 0.29) is 5.56 Å². The fourth-order valence-corrected chi connectivity index (χ4v) is 2.27. The van der Waals surface area contributed by atoms with Gasteiger partial charge < -0.3 is 5.32 Å². The number of alkyl halides is 2. The number of halogens is 2. The van der Waals surface area contributed by atoms with Crippen LogP contribution < -0.4 is 5.32 Å². The molecule has 1 aromatic rings. The van der Waals surface area contributed by atoms with Crippen molar-refractivity contribution in [3.63, 3.8) is 0 Å². The van der Waals surface area contributed by atoms with Crippen LogP contribution in [0, 0.1) is 0 Å². The van der Waals surface area contributed by atoms with Gasteiger partial charge in [0.15, 0.2) is 0 Å². The number of likely N-dealkylation sites (N-methyl/N-ethyl adjacent to an activating group) is 1. The zero-order chi connectivity index (χ0) is 13.7. The predicted octanol–water partition coefficient (Wildman–Crippen LogP) is 3.20. The highest BCUT2D eigenvalue weighted by Crippen LogP contribution is 2.25. The maximum Gasteiger partial charge on any atom is 0.263 e. The molecular formula is C15H22F2N2. The van der Waals surface area contributed by atoms with Gasteiger partial charge in [0.25, 0.3) is 6.43 Å². The van der Waals surface area contributed by atoms with Crippen LogP contribution in [-0.4, -0.2) is 30.6 Å². The van der Waals surface area contributed by atoms with E-state index in [0.717, 1.165) is 37.8 Å². The van der Waals surface area contributed by atoms with Crippen LogP contribution in [0.15, 0.2) is 24.3 Å². The summed E-state index contributed by atoms with van der Waals surface area (Å²) in [7, 11) is 0. The third kappa shape index (κ3) is 4.55. The minimum absolute atomic E-state index is 0.0923. The van der Waals surface area contributed by atoms with E-state index in [9.17, 15) is 8.78 Å². The lowest BCUT2D eigenvalue weighted by Crippen LogP contribution is -2.33. The summed E-state index contributed by atoms with van der Waals surface area (Å²) in [5, 5.41) is 3.37. The van der Waals surface area contributed by atoms with E-state index >= 15 is 0 Å². The molecule has 1 aromatic carbocycles. The summed E-state index contributed by atoms with van der Waals surface area (Å²) in [4.78, 5) is 2.49. The van der Waals surface area contributed by atoms with Gasteiger partial charge in [-0.3, -0.25) is 4.90 Å². The largest absolute Gasteiger partial charge is 0.311 e. The molecular weight excluding hydrogens is 246 g/mol. The maximum absolute atomic E-state index is 12.4. The molecule has 1 saturated carbocycles. The van der Waals surface area contributed by atoms with Crippen molar-refractivity contribution in [2.45, 2.75) is 38.8 Å². The van der Waals surface area contributed by atoms with Crippen LogP contribution in [0.25, 0.3) is 0 Å². The van der Waals surface area contributed by atoms with Gasteiger partial charge in [0, 0.05) is 31.2 Å². The SMILES string of the molecule is CCN(CCNCc1ccc(C(F)F)cc1)C1CC1. The van der Waals surface area contributed by atoms with Crippen LogP contribution in [0.3, 0.4) is 0 Å². The molecule has 0 bridgehead atoms. The maximum atomic E-state index is 12.4. The molecule has 0 aliphatic heterocycles. The van der Waals surface area contributed by atoms with E-state index in [1.54, 1.807) is 12.1 Å². The average molecular weight is 268 g/mol. The molecule has 19 heavy (non-hydrogen) atoms. The van der Waals surface area contributed by atoms with Crippen LogP contribution in [-0.2, 0) is 6.54 Å². The Morgan fingerprint density at radius 1 is 1.26 bits per heavy atom. The van der Waals surface area contributed by atoms with E-state index in [0.29, 0.717) is 0 Å². The number of nitrogens with zero attached hydrogens (tertiary/aromatic N) is 1. The quantitative estimate of drug-likeness (QED) is 0.728. The Labute approximate surface area is 113 Å². The Morgan fingerprint density at radius 2 is 1.95 bits per heavy atom. The smallest absolute Gasteiger partial charge is 0.263 e. The van der Waals surface area contributed by atoms with Crippen LogP contribution in [0.2, 0.25) is 0 Å². The highest BCUT2D eigenvalue weighted by molar-refractivity contribution is 5.23. The molecule has 1 aliphatic rings. The minimum Gasteiger partial charge on any atom is -0.311 e. The van der Waals surface area contributed by atoms with Gasteiger partial charge in [-0.2, -0.15) is 0 Å². The van der Waals surface area contributed by atoms with Gasteiger partial charge in [-0.25, -0.2) is 8.78 Å². The lowest BCUT2D eigenvalue weighted by atomic mass is 10.1. The fraction of sp³-hybridized carbons (Fsp3) is 0.600. The first-order chi connectivity index (χ1) is 9.20. The number of rotatable bonds is 8. The van der Waals surface area contributed by atoms with Gasteiger partial charge in [-0.1, -0.05) is 31.2 Å². The predicted molar refractivity (Wildman–Crippen MR) is 73.4 cm³/mol. The van der Waals surface area contributed by atoms with Gasteiger partial charge in [0.2, 0.25) is 0 Å². The molecule has 0 heterocycles. The first kappa shape index (κ1) is 14.4. The number of hydrogen-bond acceptors (Lipinski definition) is 2. The van der Waals surface area contributed by atoms with Crippen LogP contribution in [0.1, 0.15) is 37.3 Å². The molecule has 1 N–H and O–H groups in total. The summed E-state index contributed by atoms with van der Waals surface area (Å²) in [5.41, 5.74) is 1.15. The van der Waals surface area contributed by atoms with Crippen molar-refractivity contribution in [1.29, 1.82) is 0 Å². The van der Waals surface area contributed by atoms with E-state index in [4.69, 9.17) is 0 Å². The Balaban J connectivity index is 1.67. The summed E-state index contributed by atoms with van der Waals surface area (Å²) in [6.45, 7) is 6.06. The molecule has 1 aliphatic carbocycles. The molecule has 0 saturated heterocycles. The second kappa shape index (κ2) is 6.96. The monoisotopic (exact) mass is 268 g/mol. The van der Waals surface area contributed by atoms with Gasteiger partial charge >= 0.3 is 0 Å². The molecule has 106 valence electrons. The highest BCUT2D eigenvalue weighted by Gasteiger charge is 2.26. The van der Waals surface area contributed by atoms with Crippen molar-refractivity contribution in [2.24, 2.45) is 0 Å². The van der Waals surface area contributed by atoms with Gasteiger partial charge in [0.1, 0.15) is 0 Å². The summed E-state index contributed by atoms with van der Waals surface area (Å²) < 4.78 is 24.8. The standard InChI is InChI=1S/C15H22F2N2/c1-2-19(14-7-8-14)10-9-18-11-12-3-5-13(6-4-12)15(16)17/h3-6,14-15,18H,2,7-11H2,1H3. The van der Waals surface area contributed by atoms with Crippen molar-refractivity contribution < 1.29 is 8.78 Å². The Hall–Kier alpha value is -1.00. The molecule has 0 unspecified atom stereocenters. The van der Waals surface area contributed by atoms with Crippen molar-refractivity contribution in [2.75, 3.05) is 19.6 Å². The highest BCUT2D eigenvalue weighted by atomic mass is 19.3. The molecule has 0 spiro atoms. The van der Waals surface area contributed by atoms with Crippen LogP contribution in [0.5, 0.6) is 0 Å². The number of hydrogen-bond donors (Lipinski definition) is 1. The van der Waals surface area contributed by atoms with Crippen molar-refractivity contribution in [3.05, 3.63) is 35.4 Å². The topological polar surface area (TPSA) is 15.3 Å². The molecule has 0 radical (unpaired) electrons. The van der Waals surface area contributed by atoms with E-state index < -0.39 is 6.43 Å². The Bertz CT molecular complexity index is 374. The lowest BCUT2D eigenvalue weighted by Gasteiger charge is -2.19. The normalized spacial score (nSPS) is 15.4. The van der Waals surface area contributed by atoms with Crippen LogP contribution >= 0.6 is 0 Å². The summed E-state index contributed by atoms with van der Waals surface area (Å²) in [6.07, 6.45) is 0.296. The zero-order valence-corrected chi connectivity index (χ0v) is 11.4. The third-order valence-corrected chi connectivity index (χ3v) is 3.61. The molecule has 1 fully saturated rings. The zero-order valence-electron chi connectivity index (χ0n) is 11.4. The van der Waals surface area contributed by atoms with E-state index in [2.05, 4.69) is 17.1 Å². The Kier molecular flexibility index (Phi) is 5.28. The molecule has 2 nitrogen and oxygen atoms in total. The molecule has 0 atom stereocenters. The third-order valence-electron chi connectivity index (χ3n) is 3.61. The molecule has 0 amide bonds. The summed E-state index contributed by atoms with van der Waals surface area (Å²) in [5.74, 6) is 0. The molecule has 0 aromatic heterocycles. The van der Waals surface area contributed by atoms with Gasteiger partial charge in [-0.05, 0) is 24.9 Å². The summed E-state index contributed by atoms with van der Waals surface area (Å²) in [6, 6.07) is 7.35. The Morgan fingerprint density at radius 3 is 2.47 bits per heavy atom. The van der Waals surface area contributed by atoms with Gasteiger partial charge in [0.05, 0.1) is 0 Å². The van der Waals surface area contributed by atoms with Crippen molar-refractivity contribution in [3.8, 4) is 0 Å². The molecule has 2 rings (SSSR count). The fourth-order valence-electron chi connectivity index (χ4n) is 2.27. The minimum atomic E-state index is -2.38. The second-order valence-electron chi connectivity index (χ2n) is 5.08. The first-order valence-electron chi connectivity index (χ1n) is 7.02. The summed E-state index contributed by atoms with van der Waals surface area (Å²) >= 11 is 0. The second-order valence-corrected chi connectivity index (χ2v) is 5.08. The van der Waals surface area contributed by atoms with Crippen LogP contribution in [0.4, 0.5) is 8.78 Å². The van der Waals surface area contributed by atoms with Crippen molar-refractivity contribution in [1.82, 2.24) is 10.2 Å². The van der Waals surface area contributed by atoms with E-state index in [1.165, 1.54) is 25.0 Å².